The molecule has 2 atom stereocenters. The van der Waals surface area contributed by atoms with Gasteiger partial charge >= 0.3 is 0 Å². The van der Waals surface area contributed by atoms with E-state index in [1.165, 1.54) is 13.2 Å². The monoisotopic (exact) mass is 230 g/mol. The van der Waals surface area contributed by atoms with Crippen molar-refractivity contribution in [3.63, 3.8) is 0 Å². The van der Waals surface area contributed by atoms with Gasteiger partial charge in [-0.3, -0.25) is 0 Å². The van der Waals surface area contributed by atoms with Crippen LogP contribution in [0.3, 0.4) is 0 Å². The average Bonchev–Trinajstić information content (AvgIpc) is 2.27. The standard InChI is InChI=1S/C10H14O4S/c1-14-8-4-2-3-6(10(8)13)9(12)7(11)5-15/h2-4,7,9,11-13,15H,5H2,1H3. The van der Waals surface area contributed by atoms with Crippen LogP contribution in [0, 0.1) is 0 Å². The van der Waals surface area contributed by atoms with Crippen molar-refractivity contribution in [2.75, 3.05) is 12.9 Å². The number of hydrogen-bond donors (Lipinski definition) is 4. The highest BCUT2D eigenvalue weighted by Crippen LogP contribution is 2.34. The molecule has 0 radical (unpaired) electrons. The summed E-state index contributed by atoms with van der Waals surface area (Å²) in [5.74, 6) is 0.212. The van der Waals surface area contributed by atoms with Gasteiger partial charge in [-0.15, -0.1) is 0 Å². The second-order valence-electron chi connectivity index (χ2n) is 3.09. The first-order valence-electron chi connectivity index (χ1n) is 4.44. The van der Waals surface area contributed by atoms with Crippen molar-refractivity contribution >= 4 is 12.6 Å². The lowest BCUT2D eigenvalue weighted by atomic mass is 10.0. The van der Waals surface area contributed by atoms with E-state index in [-0.39, 0.29) is 22.8 Å². The summed E-state index contributed by atoms with van der Waals surface area (Å²) in [5, 5.41) is 28.7. The summed E-state index contributed by atoms with van der Waals surface area (Å²) in [6.07, 6.45) is -2.19. The Kier molecular flexibility index (Phi) is 4.26. The molecule has 84 valence electrons. The van der Waals surface area contributed by atoms with Crippen LogP contribution < -0.4 is 4.74 Å². The van der Waals surface area contributed by atoms with Gasteiger partial charge in [-0.1, -0.05) is 12.1 Å². The molecule has 0 aliphatic rings. The van der Waals surface area contributed by atoms with Gasteiger partial charge in [0.05, 0.1) is 13.2 Å². The lowest BCUT2D eigenvalue weighted by Gasteiger charge is -2.18. The molecule has 1 rings (SSSR count). The number of phenols is 1. The molecular weight excluding hydrogens is 216 g/mol. The first kappa shape index (κ1) is 12.2. The maximum absolute atomic E-state index is 9.68. The molecule has 0 saturated carbocycles. The Balaban J connectivity index is 3.03. The molecule has 0 aromatic heterocycles. The zero-order valence-corrected chi connectivity index (χ0v) is 9.19. The lowest BCUT2D eigenvalue weighted by molar-refractivity contribution is 0.0321. The molecule has 4 nitrogen and oxygen atoms in total. The molecule has 0 fully saturated rings. The van der Waals surface area contributed by atoms with Crippen molar-refractivity contribution in [3.8, 4) is 11.5 Å². The third kappa shape index (κ3) is 2.56. The van der Waals surface area contributed by atoms with E-state index in [2.05, 4.69) is 12.6 Å². The Hall–Kier alpha value is -0.910. The summed E-state index contributed by atoms with van der Waals surface area (Å²) in [6.45, 7) is 0. The summed E-state index contributed by atoms with van der Waals surface area (Å²) in [7, 11) is 1.42. The van der Waals surface area contributed by atoms with Gasteiger partial charge in [0, 0.05) is 11.3 Å². The largest absolute Gasteiger partial charge is 0.504 e. The number of phenolic OH excluding ortho intramolecular Hbond substituents is 1. The van der Waals surface area contributed by atoms with Gasteiger partial charge in [0.15, 0.2) is 11.5 Å². The summed E-state index contributed by atoms with van der Waals surface area (Å²) in [6, 6.07) is 4.72. The number of aromatic hydroxyl groups is 1. The third-order valence-electron chi connectivity index (χ3n) is 2.12. The van der Waals surface area contributed by atoms with E-state index >= 15 is 0 Å². The van der Waals surface area contributed by atoms with Crippen molar-refractivity contribution in [3.05, 3.63) is 23.8 Å². The van der Waals surface area contributed by atoms with Crippen molar-refractivity contribution < 1.29 is 20.1 Å². The number of aliphatic hydroxyl groups excluding tert-OH is 2. The third-order valence-corrected chi connectivity index (χ3v) is 2.49. The molecule has 1 aromatic carbocycles. The predicted molar refractivity (Wildman–Crippen MR) is 59.5 cm³/mol. The topological polar surface area (TPSA) is 69.9 Å². The molecule has 15 heavy (non-hydrogen) atoms. The van der Waals surface area contributed by atoms with Crippen molar-refractivity contribution in [1.29, 1.82) is 0 Å². The number of ether oxygens (including phenoxy) is 1. The maximum Gasteiger partial charge on any atom is 0.163 e. The molecule has 3 N–H and O–H groups in total. The summed E-state index contributed by atoms with van der Waals surface area (Å²) >= 11 is 3.87. The van der Waals surface area contributed by atoms with Gasteiger partial charge < -0.3 is 20.1 Å². The summed E-state index contributed by atoms with van der Waals surface area (Å²) in [4.78, 5) is 0. The highest BCUT2D eigenvalue weighted by molar-refractivity contribution is 7.80. The van der Waals surface area contributed by atoms with Gasteiger partial charge in [0.1, 0.15) is 6.10 Å². The van der Waals surface area contributed by atoms with Crippen molar-refractivity contribution in [2.24, 2.45) is 0 Å². The molecule has 0 saturated heterocycles. The number of thiol groups is 1. The minimum atomic E-state index is -1.17. The molecule has 0 bridgehead atoms. The first-order chi connectivity index (χ1) is 7.11. The smallest absolute Gasteiger partial charge is 0.163 e. The fraction of sp³-hybridized carbons (Fsp3) is 0.400. The second-order valence-corrected chi connectivity index (χ2v) is 3.46. The van der Waals surface area contributed by atoms with E-state index in [0.717, 1.165) is 0 Å². The highest BCUT2D eigenvalue weighted by Gasteiger charge is 2.21. The van der Waals surface area contributed by atoms with Gasteiger partial charge in [-0.25, -0.2) is 0 Å². The van der Waals surface area contributed by atoms with E-state index in [9.17, 15) is 15.3 Å². The number of methoxy groups -OCH3 is 1. The van der Waals surface area contributed by atoms with E-state index in [0.29, 0.717) is 0 Å². The second kappa shape index (κ2) is 5.25. The van der Waals surface area contributed by atoms with E-state index in [4.69, 9.17) is 4.74 Å². The fourth-order valence-corrected chi connectivity index (χ4v) is 1.45. The van der Waals surface area contributed by atoms with Gasteiger partial charge in [-0.05, 0) is 6.07 Å². The normalized spacial score (nSPS) is 14.7. The first-order valence-corrected chi connectivity index (χ1v) is 5.08. The zero-order chi connectivity index (χ0) is 11.4. The SMILES string of the molecule is COc1cccc(C(O)C(O)CS)c1O. The van der Waals surface area contributed by atoms with Crippen molar-refractivity contribution in [1.82, 2.24) is 0 Å². The summed E-state index contributed by atoms with van der Waals surface area (Å²) < 4.78 is 4.89. The summed E-state index contributed by atoms with van der Waals surface area (Å²) in [5.41, 5.74) is 0.232. The number of para-hydroxylation sites is 1. The van der Waals surface area contributed by atoms with Gasteiger partial charge in [0.25, 0.3) is 0 Å². The van der Waals surface area contributed by atoms with Crippen LogP contribution in [0.2, 0.25) is 0 Å². The number of aliphatic hydroxyl groups is 2. The molecule has 0 heterocycles. The zero-order valence-electron chi connectivity index (χ0n) is 8.29. The molecular formula is C10H14O4S. The minimum absolute atomic E-state index is 0.109. The molecule has 0 spiro atoms. The van der Waals surface area contributed by atoms with Crippen LogP contribution in [-0.2, 0) is 0 Å². The van der Waals surface area contributed by atoms with Gasteiger partial charge in [0.2, 0.25) is 0 Å². The number of hydrogen-bond acceptors (Lipinski definition) is 5. The molecule has 0 amide bonds. The van der Waals surface area contributed by atoms with Crippen LogP contribution in [0.5, 0.6) is 11.5 Å². The maximum atomic E-state index is 9.68. The molecule has 0 aliphatic carbocycles. The van der Waals surface area contributed by atoms with Crippen LogP contribution in [0.25, 0.3) is 0 Å². The van der Waals surface area contributed by atoms with Crippen LogP contribution in [0.4, 0.5) is 0 Å². The van der Waals surface area contributed by atoms with Crippen LogP contribution in [0.15, 0.2) is 18.2 Å². The van der Waals surface area contributed by atoms with Gasteiger partial charge in [-0.2, -0.15) is 12.6 Å². The van der Waals surface area contributed by atoms with E-state index in [1.807, 2.05) is 0 Å². The van der Waals surface area contributed by atoms with Crippen LogP contribution >= 0.6 is 12.6 Å². The Bertz CT molecular complexity index is 329. The lowest BCUT2D eigenvalue weighted by Crippen LogP contribution is -2.19. The molecule has 1 aromatic rings. The van der Waals surface area contributed by atoms with E-state index in [1.54, 1.807) is 12.1 Å². The van der Waals surface area contributed by atoms with Crippen LogP contribution in [-0.4, -0.2) is 34.3 Å². The highest BCUT2D eigenvalue weighted by atomic mass is 32.1. The Morgan fingerprint density at radius 1 is 1.40 bits per heavy atom. The van der Waals surface area contributed by atoms with Crippen LogP contribution in [0.1, 0.15) is 11.7 Å². The Morgan fingerprint density at radius 2 is 2.07 bits per heavy atom. The predicted octanol–water partition coefficient (Wildman–Crippen LogP) is 0.725. The van der Waals surface area contributed by atoms with Crippen molar-refractivity contribution in [2.45, 2.75) is 12.2 Å². The van der Waals surface area contributed by atoms with E-state index < -0.39 is 12.2 Å². The Labute approximate surface area is 93.5 Å². The average molecular weight is 230 g/mol. The number of rotatable bonds is 4. The minimum Gasteiger partial charge on any atom is -0.504 e. The fourth-order valence-electron chi connectivity index (χ4n) is 1.25. The molecule has 0 aliphatic heterocycles. The number of benzene rings is 1. The molecule has 5 heteroatoms. The Morgan fingerprint density at radius 3 is 2.60 bits per heavy atom. The quantitative estimate of drug-likeness (QED) is 0.575. The molecule has 2 unspecified atom stereocenters.